The Morgan fingerprint density at radius 3 is 2.66 bits per heavy atom. The Bertz CT molecular complexity index is 1020. The average molecular weight is 440 g/mol. The highest BCUT2D eigenvalue weighted by molar-refractivity contribution is 6.01. The van der Waals surface area contributed by atoms with Gasteiger partial charge in [0.15, 0.2) is 0 Å². The number of nitrogens with zero attached hydrogens (tertiary/aromatic N) is 3. The summed E-state index contributed by atoms with van der Waals surface area (Å²) < 4.78 is 13.5. The lowest BCUT2D eigenvalue weighted by atomic mass is 9.81. The number of benzene rings is 1. The van der Waals surface area contributed by atoms with E-state index in [2.05, 4.69) is 25.8 Å². The summed E-state index contributed by atoms with van der Waals surface area (Å²) in [5.74, 6) is 0.431. The van der Waals surface area contributed by atoms with Crippen LogP contribution in [0.2, 0.25) is 0 Å². The fraction of sp³-hybridized carbons (Fsp3) is 0.500. The summed E-state index contributed by atoms with van der Waals surface area (Å²) in [6.45, 7) is 3.75. The third-order valence-corrected chi connectivity index (χ3v) is 6.44. The average Bonchev–Trinajstić information content (AvgIpc) is 3.30. The van der Waals surface area contributed by atoms with Gasteiger partial charge in [0.2, 0.25) is 0 Å². The zero-order valence-corrected chi connectivity index (χ0v) is 18.8. The lowest BCUT2D eigenvalue weighted by Gasteiger charge is -2.30. The minimum absolute atomic E-state index is 0.0667. The number of oxime groups is 1. The van der Waals surface area contributed by atoms with Gasteiger partial charge in [-0.05, 0) is 75.8 Å². The molecule has 1 fully saturated rings. The van der Waals surface area contributed by atoms with E-state index in [1.807, 2.05) is 7.05 Å². The smallest absolute Gasteiger partial charge is 0.270 e. The Kier molecular flexibility index (Phi) is 6.79. The van der Waals surface area contributed by atoms with Gasteiger partial charge >= 0.3 is 0 Å². The van der Waals surface area contributed by atoms with E-state index in [9.17, 15) is 9.18 Å². The first-order valence-corrected chi connectivity index (χ1v) is 11.2. The molecule has 1 aliphatic carbocycles. The second-order valence-corrected chi connectivity index (χ2v) is 8.74. The summed E-state index contributed by atoms with van der Waals surface area (Å²) in [5.41, 5.74) is 3.05. The van der Waals surface area contributed by atoms with Crippen LogP contribution in [0.1, 0.15) is 65.2 Å². The molecule has 4 rings (SSSR count). The summed E-state index contributed by atoms with van der Waals surface area (Å²) in [6, 6.07) is 7.05. The molecule has 1 aromatic carbocycles. The van der Waals surface area contributed by atoms with E-state index in [4.69, 9.17) is 4.84 Å². The van der Waals surface area contributed by atoms with Gasteiger partial charge in [-0.2, -0.15) is 0 Å². The van der Waals surface area contributed by atoms with Gasteiger partial charge in [-0.1, -0.05) is 17.3 Å². The number of hydrogen-bond donors (Lipinski definition) is 2. The molecule has 1 aliphatic heterocycles. The quantitative estimate of drug-likeness (QED) is 0.720. The molecule has 1 amide bonds. The van der Waals surface area contributed by atoms with Crippen molar-refractivity contribution in [3.8, 4) is 0 Å². The fourth-order valence-corrected chi connectivity index (χ4v) is 4.50. The standard InChI is InChI=1S/C24H30FN5O2/c1-14-10-16(4-9-19(14)25)13-27-24(31)22-11-20(28-15(2)29-22)21-12-23(32-30-21)17-5-7-18(26-3)8-6-17/h4,9-11,17-18,23,26H,5-8,12-13H2,1-3H3,(H,27,31). The summed E-state index contributed by atoms with van der Waals surface area (Å²) in [7, 11) is 2.02. The number of aryl methyl sites for hydroxylation is 2. The maximum atomic E-state index is 13.5. The minimum atomic E-state index is -0.305. The lowest BCUT2D eigenvalue weighted by molar-refractivity contribution is 0.0237. The summed E-state index contributed by atoms with van der Waals surface area (Å²) >= 11 is 0. The summed E-state index contributed by atoms with van der Waals surface area (Å²) in [6.07, 6.45) is 5.32. The van der Waals surface area contributed by atoms with Crippen LogP contribution in [0.5, 0.6) is 0 Å². The fourth-order valence-electron chi connectivity index (χ4n) is 4.50. The zero-order valence-electron chi connectivity index (χ0n) is 18.8. The number of amides is 1. The Morgan fingerprint density at radius 2 is 1.94 bits per heavy atom. The lowest BCUT2D eigenvalue weighted by Crippen LogP contribution is -2.34. The summed E-state index contributed by atoms with van der Waals surface area (Å²) in [4.78, 5) is 27.3. The number of aromatic nitrogens is 2. The molecule has 2 N–H and O–H groups in total. The molecule has 1 unspecified atom stereocenters. The van der Waals surface area contributed by atoms with Crippen LogP contribution in [-0.2, 0) is 11.4 Å². The molecule has 2 aliphatic rings. The van der Waals surface area contributed by atoms with E-state index in [1.165, 1.54) is 6.07 Å². The Balaban J connectivity index is 1.39. The van der Waals surface area contributed by atoms with Crippen molar-refractivity contribution in [2.45, 2.75) is 64.6 Å². The first kappa shape index (κ1) is 22.3. The van der Waals surface area contributed by atoms with Crippen molar-refractivity contribution >= 4 is 11.6 Å². The molecule has 1 aromatic heterocycles. The van der Waals surface area contributed by atoms with Gasteiger partial charge in [-0.3, -0.25) is 4.79 Å². The molecule has 0 saturated heterocycles. The van der Waals surface area contributed by atoms with Crippen molar-refractivity contribution < 1.29 is 14.0 Å². The number of hydrogen-bond acceptors (Lipinski definition) is 6. The SMILES string of the molecule is CNC1CCC(C2CC(c3cc(C(=O)NCc4ccc(F)c(C)c4)nc(C)n3)=NO2)CC1. The summed E-state index contributed by atoms with van der Waals surface area (Å²) in [5, 5.41) is 10.5. The van der Waals surface area contributed by atoms with Crippen LogP contribution in [0.3, 0.4) is 0 Å². The van der Waals surface area contributed by atoms with E-state index < -0.39 is 0 Å². The molecule has 0 spiro atoms. The molecule has 0 bridgehead atoms. The Morgan fingerprint density at radius 1 is 1.16 bits per heavy atom. The van der Waals surface area contributed by atoms with Gasteiger partial charge < -0.3 is 15.5 Å². The van der Waals surface area contributed by atoms with Gasteiger partial charge in [0.25, 0.3) is 5.91 Å². The van der Waals surface area contributed by atoms with E-state index in [1.54, 1.807) is 32.0 Å². The highest BCUT2D eigenvalue weighted by Crippen LogP contribution is 2.33. The van der Waals surface area contributed by atoms with Crippen molar-refractivity contribution in [2.75, 3.05) is 7.05 Å². The number of nitrogens with one attached hydrogen (secondary N) is 2. The molecule has 7 nitrogen and oxygen atoms in total. The number of carbonyl (C=O) groups excluding carboxylic acids is 1. The predicted octanol–water partition coefficient (Wildman–Crippen LogP) is 3.43. The molecular formula is C24H30FN5O2. The minimum Gasteiger partial charge on any atom is -0.391 e. The number of carbonyl (C=O) groups is 1. The number of halogens is 1. The van der Waals surface area contributed by atoms with E-state index >= 15 is 0 Å². The van der Waals surface area contributed by atoms with E-state index in [0.717, 1.165) is 37.0 Å². The molecule has 1 saturated carbocycles. The van der Waals surface area contributed by atoms with Crippen molar-refractivity contribution in [3.05, 3.63) is 58.4 Å². The molecule has 2 heterocycles. The van der Waals surface area contributed by atoms with Crippen molar-refractivity contribution in [1.29, 1.82) is 0 Å². The van der Waals surface area contributed by atoms with Crippen LogP contribution in [0.25, 0.3) is 0 Å². The third-order valence-electron chi connectivity index (χ3n) is 6.44. The van der Waals surface area contributed by atoms with Crippen molar-refractivity contribution in [1.82, 2.24) is 20.6 Å². The molecule has 170 valence electrons. The maximum Gasteiger partial charge on any atom is 0.270 e. The first-order valence-electron chi connectivity index (χ1n) is 11.2. The largest absolute Gasteiger partial charge is 0.391 e. The molecule has 1 atom stereocenters. The van der Waals surface area contributed by atoms with Crippen LogP contribution in [0.15, 0.2) is 29.4 Å². The normalized spacial score (nSPS) is 22.9. The highest BCUT2D eigenvalue weighted by Gasteiger charge is 2.33. The van der Waals surface area contributed by atoms with Crippen molar-refractivity contribution in [3.63, 3.8) is 0 Å². The topological polar surface area (TPSA) is 88.5 Å². The molecular weight excluding hydrogens is 409 g/mol. The van der Waals surface area contributed by atoms with Gasteiger partial charge in [-0.15, -0.1) is 0 Å². The monoisotopic (exact) mass is 439 g/mol. The Hall–Kier alpha value is -2.87. The Labute approximate surface area is 187 Å². The highest BCUT2D eigenvalue weighted by atomic mass is 19.1. The zero-order chi connectivity index (χ0) is 22.7. The first-order chi connectivity index (χ1) is 15.4. The van der Waals surface area contributed by atoms with Crippen molar-refractivity contribution in [2.24, 2.45) is 11.1 Å². The van der Waals surface area contributed by atoms with Crippen LogP contribution in [0.4, 0.5) is 4.39 Å². The van der Waals surface area contributed by atoms with Gasteiger partial charge in [0, 0.05) is 19.0 Å². The van der Waals surface area contributed by atoms with Crippen LogP contribution in [-0.4, -0.2) is 40.8 Å². The van der Waals surface area contributed by atoms with Gasteiger partial charge in [0.1, 0.15) is 29.2 Å². The van der Waals surface area contributed by atoms with Crippen LogP contribution < -0.4 is 10.6 Å². The second kappa shape index (κ2) is 9.73. The predicted molar refractivity (Wildman–Crippen MR) is 120 cm³/mol. The van der Waals surface area contributed by atoms with Crippen LogP contribution in [0, 0.1) is 25.6 Å². The molecule has 0 radical (unpaired) electrons. The maximum absolute atomic E-state index is 13.5. The second-order valence-electron chi connectivity index (χ2n) is 8.74. The van der Waals surface area contributed by atoms with Gasteiger partial charge in [0.05, 0.1) is 5.69 Å². The van der Waals surface area contributed by atoms with Gasteiger partial charge in [-0.25, -0.2) is 14.4 Å². The molecule has 2 aromatic rings. The van der Waals surface area contributed by atoms with Crippen LogP contribution >= 0.6 is 0 Å². The molecule has 8 heteroatoms. The third kappa shape index (κ3) is 5.12. The van der Waals surface area contributed by atoms with E-state index in [-0.39, 0.29) is 23.5 Å². The number of rotatable bonds is 6. The molecule has 32 heavy (non-hydrogen) atoms. The van der Waals surface area contributed by atoms with E-state index in [0.29, 0.717) is 42.0 Å².